The average molecular weight is 544 g/mol. The summed E-state index contributed by atoms with van der Waals surface area (Å²) < 4.78 is 31.9. The van der Waals surface area contributed by atoms with Gasteiger partial charge in [0.15, 0.2) is 5.65 Å². The summed E-state index contributed by atoms with van der Waals surface area (Å²) >= 11 is 1.18. The lowest BCUT2D eigenvalue weighted by atomic mass is 9.92. The fourth-order valence-corrected chi connectivity index (χ4v) is 5.16. The van der Waals surface area contributed by atoms with Gasteiger partial charge in [-0.25, -0.2) is 18.6 Å². The van der Waals surface area contributed by atoms with Crippen LogP contribution in [-0.2, 0) is 0 Å². The predicted molar refractivity (Wildman–Crippen MR) is 132 cm³/mol. The Morgan fingerprint density at radius 2 is 1.95 bits per heavy atom. The molecule has 4 aromatic rings. The molecule has 198 valence electrons. The van der Waals surface area contributed by atoms with Crippen LogP contribution >= 0.6 is 11.9 Å². The number of benzene rings is 1. The number of aromatic amines is 2. The normalized spacial score (nSPS) is 20.9. The van der Waals surface area contributed by atoms with Crippen molar-refractivity contribution < 1.29 is 18.8 Å². The highest BCUT2D eigenvalue weighted by Crippen LogP contribution is 2.26. The summed E-state index contributed by atoms with van der Waals surface area (Å²) in [6.07, 6.45) is 8.54. The quantitative estimate of drug-likeness (QED) is 0.129. The molecule has 3 heterocycles. The van der Waals surface area contributed by atoms with Gasteiger partial charge in [0, 0.05) is 34.3 Å². The Labute approximate surface area is 218 Å². The van der Waals surface area contributed by atoms with Crippen molar-refractivity contribution in [2.24, 2.45) is 4.99 Å². The van der Waals surface area contributed by atoms with Crippen molar-refractivity contribution in [3.05, 3.63) is 63.2 Å². The van der Waals surface area contributed by atoms with Crippen molar-refractivity contribution in [2.75, 3.05) is 5.32 Å². The van der Waals surface area contributed by atoms with Crippen molar-refractivity contribution in [2.45, 2.75) is 61.5 Å². The molecule has 12 nitrogen and oxygen atoms in total. The van der Waals surface area contributed by atoms with Crippen LogP contribution in [0.4, 0.5) is 14.7 Å². The number of rotatable bonds is 7. The van der Waals surface area contributed by atoms with E-state index >= 15 is 0 Å². The van der Waals surface area contributed by atoms with E-state index in [-0.39, 0.29) is 23.9 Å². The minimum Gasteiger partial charge on any atom is -0.351 e. The zero-order chi connectivity index (χ0) is 26.2. The van der Waals surface area contributed by atoms with Gasteiger partial charge in [0.1, 0.15) is 11.6 Å². The smallest absolute Gasteiger partial charge is 0.351 e. The van der Waals surface area contributed by atoms with E-state index in [0.29, 0.717) is 32.2 Å². The molecular weight excluding hydrogens is 518 g/mol. The van der Waals surface area contributed by atoms with Crippen LogP contribution in [0.3, 0.4) is 0 Å². The van der Waals surface area contributed by atoms with Gasteiger partial charge < -0.3 is 10.5 Å². The molecule has 2 aliphatic carbocycles. The van der Waals surface area contributed by atoms with E-state index in [0.717, 1.165) is 44.6 Å². The number of H-pyrrole nitrogens is 2. The first kappa shape index (κ1) is 24.5. The van der Waals surface area contributed by atoms with Crippen LogP contribution in [0.2, 0.25) is 0 Å². The molecule has 0 aliphatic heterocycles. The van der Waals surface area contributed by atoms with Gasteiger partial charge in [0.25, 0.3) is 5.62 Å². The molecule has 0 saturated heterocycles. The number of nitrogens with one attached hydrogen (secondary N) is 4. The van der Waals surface area contributed by atoms with Crippen molar-refractivity contribution in [1.82, 2.24) is 34.4 Å². The van der Waals surface area contributed by atoms with Gasteiger partial charge in [-0.3, -0.25) is 4.72 Å². The highest BCUT2D eigenvalue weighted by Gasteiger charge is 2.24. The third-order valence-electron chi connectivity index (χ3n) is 6.48. The fourth-order valence-electron chi connectivity index (χ4n) is 4.34. The van der Waals surface area contributed by atoms with Gasteiger partial charge in [-0.2, -0.15) is 24.6 Å². The second-order valence-electron chi connectivity index (χ2n) is 9.44. The number of nitrogens with zero attached hydrogens (tertiary/aromatic N) is 6. The number of anilines is 1. The van der Waals surface area contributed by atoms with E-state index in [2.05, 4.69) is 40.2 Å². The van der Waals surface area contributed by atoms with Gasteiger partial charge in [-0.05, 0) is 62.6 Å². The van der Waals surface area contributed by atoms with E-state index in [4.69, 9.17) is 0 Å². The Morgan fingerprint density at radius 3 is 2.66 bits per heavy atom. The maximum absolute atomic E-state index is 13.9. The number of halogens is 2. The largest absolute Gasteiger partial charge is 0.445 e. The SMILES string of the molecule is O=c1[nH]c(C=c2cnn3c(=NC4CC4)nc(NC4CCC(NSc5ccc(F)cc5F)CC4)nc23)[n+](O)[nH]1. The fraction of sp³-hybridized carbons (Fsp3) is 0.391. The van der Waals surface area contributed by atoms with E-state index in [1.807, 2.05) is 0 Å². The van der Waals surface area contributed by atoms with E-state index in [9.17, 15) is 18.8 Å². The third kappa shape index (κ3) is 5.38. The van der Waals surface area contributed by atoms with E-state index in [1.54, 1.807) is 16.8 Å². The topological polar surface area (TPSA) is 152 Å². The van der Waals surface area contributed by atoms with Crippen LogP contribution in [-0.4, -0.2) is 53.0 Å². The summed E-state index contributed by atoms with van der Waals surface area (Å²) in [5.41, 5.74) is 0.368. The Morgan fingerprint density at radius 1 is 1.16 bits per heavy atom. The molecule has 15 heteroatoms. The molecule has 2 saturated carbocycles. The summed E-state index contributed by atoms with van der Waals surface area (Å²) in [6.45, 7) is 0. The molecule has 0 atom stereocenters. The summed E-state index contributed by atoms with van der Waals surface area (Å²) in [7, 11) is 0. The van der Waals surface area contributed by atoms with Gasteiger partial charge in [0.05, 0.1) is 17.1 Å². The second kappa shape index (κ2) is 10.1. The maximum atomic E-state index is 13.9. The van der Waals surface area contributed by atoms with Gasteiger partial charge in [-0.1, -0.05) is 0 Å². The van der Waals surface area contributed by atoms with Crippen LogP contribution in [0.25, 0.3) is 11.7 Å². The first-order valence-corrected chi connectivity index (χ1v) is 13.1. The maximum Gasteiger partial charge on any atom is 0.445 e. The van der Waals surface area contributed by atoms with Crippen molar-refractivity contribution >= 4 is 29.6 Å². The molecule has 5 N–H and O–H groups in total. The van der Waals surface area contributed by atoms with Gasteiger partial charge >= 0.3 is 11.5 Å². The molecule has 0 spiro atoms. The number of aromatic nitrogens is 7. The predicted octanol–water partition coefficient (Wildman–Crippen LogP) is 0.575. The van der Waals surface area contributed by atoms with Crippen LogP contribution in [0.15, 0.2) is 39.1 Å². The van der Waals surface area contributed by atoms with Gasteiger partial charge in [0.2, 0.25) is 5.95 Å². The highest BCUT2D eigenvalue weighted by atomic mass is 32.2. The first-order chi connectivity index (χ1) is 18.4. The summed E-state index contributed by atoms with van der Waals surface area (Å²) in [5, 5.41) is 20.4. The summed E-state index contributed by atoms with van der Waals surface area (Å²) in [4.78, 5) is 28.9. The van der Waals surface area contributed by atoms with Crippen LogP contribution in [0.5, 0.6) is 0 Å². The Bertz CT molecular complexity index is 1660. The molecule has 0 radical (unpaired) electrons. The second-order valence-corrected chi connectivity index (χ2v) is 10.3. The minimum absolute atomic E-state index is 0.132. The monoisotopic (exact) mass is 543 g/mol. The van der Waals surface area contributed by atoms with Crippen molar-refractivity contribution in [3.63, 3.8) is 0 Å². The molecular formula is C23H25F2N10O2S+. The van der Waals surface area contributed by atoms with E-state index in [1.165, 1.54) is 24.1 Å². The van der Waals surface area contributed by atoms with Crippen molar-refractivity contribution in [3.8, 4) is 0 Å². The molecule has 0 amide bonds. The Kier molecular flexibility index (Phi) is 6.53. The molecule has 6 rings (SSSR count). The highest BCUT2D eigenvalue weighted by molar-refractivity contribution is 7.97. The molecule has 0 bridgehead atoms. The number of hydrogen-bond donors (Lipinski definition) is 5. The standard InChI is InChI=1S/C23H24F2N10O2S/c24-13-1-8-18(17(25)10-13)38-33-16-6-4-14(5-7-16)27-21-30-20-12(9-19-29-23(36)32-35(19)37)11-26-34(20)22(31-21)28-15-2-3-15/h1,8-11,14-16,33,37H,2-7H2,(H2,27,28,31,32,36)/p+1. The summed E-state index contributed by atoms with van der Waals surface area (Å²) in [6, 6.07) is 4.10. The molecule has 3 aromatic heterocycles. The molecule has 2 aliphatic rings. The van der Waals surface area contributed by atoms with E-state index < -0.39 is 17.3 Å². The first-order valence-electron chi connectivity index (χ1n) is 12.3. The third-order valence-corrected chi connectivity index (χ3v) is 7.48. The Balaban J connectivity index is 1.18. The number of hydrogen-bond acceptors (Lipinski definition) is 9. The van der Waals surface area contributed by atoms with Crippen LogP contribution in [0.1, 0.15) is 44.3 Å². The number of fused-ring (bicyclic) bond motifs is 1. The molecule has 0 unspecified atom stereocenters. The van der Waals surface area contributed by atoms with Crippen LogP contribution < -0.4 is 31.4 Å². The Hall–Kier alpha value is -3.85. The average Bonchev–Trinajstić information content (AvgIpc) is 3.52. The lowest BCUT2D eigenvalue weighted by molar-refractivity contribution is -0.948. The zero-order valence-corrected chi connectivity index (χ0v) is 20.9. The van der Waals surface area contributed by atoms with Crippen molar-refractivity contribution in [1.29, 1.82) is 0 Å². The zero-order valence-electron chi connectivity index (χ0n) is 20.1. The lowest BCUT2D eigenvalue weighted by Crippen LogP contribution is -2.37. The minimum atomic E-state index is -0.593. The molecule has 38 heavy (non-hydrogen) atoms. The molecule has 2 fully saturated rings. The van der Waals surface area contributed by atoms with Gasteiger partial charge in [-0.15, -0.1) is 5.10 Å². The lowest BCUT2D eigenvalue weighted by Gasteiger charge is -2.29. The molecule has 1 aromatic carbocycles. The summed E-state index contributed by atoms with van der Waals surface area (Å²) in [5.74, 6) is -0.608. The van der Waals surface area contributed by atoms with Crippen LogP contribution in [0, 0.1) is 11.6 Å².